The van der Waals surface area contributed by atoms with E-state index in [1.54, 1.807) is 0 Å². The number of nitrogens with one attached hydrogen (secondary N) is 2. The van der Waals surface area contributed by atoms with Crippen LogP contribution in [0.25, 0.3) is 0 Å². The first-order valence-corrected chi connectivity index (χ1v) is 9.54. The van der Waals surface area contributed by atoms with E-state index in [0.717, 1.165) is 0 Å². The van der Waals surface area contributed by atoms with Gasteiger partial charge in [-0.2, -0.15) is 26.3 Å². The summed E-state index contributed by atoms with van der Waals surface area (Å²) in [5.74, 6) is -0.837. The van der Waals surface area contributed by atoms with Crippen LogP contribution in [0.1, 0.15) is 47.2 Å². The third kappa shape index (κ3) is 6.11. The lowest BCUT2D eigenvalue weighted by Gasteiger charge is -2.30. The van der Waals surface area contributed by atoms with E-state index < -0.39 is 29.3 Å². The molecule has 0 aliphatic heterocycles. The molecule has 0 bridgehead atoms. The number of carbonyl (C=O) groups is 1. The lowest BCUT2D eigenvalue weighted by Crippen LogP contribution is -2.40. The molecule has 2 aromatic rings. The fraction of sp³-hybridized carbons (Fsp3) is 0.381. The topological polar surface area (TPSA) is 41.1 Å². The van der Waals surface area contributed by atoms with Crippen molar-refractivity contribution in [3.63, 3.8) is 0 Å². The number of amides is 1. The Morgan fingerprint density at radius 3 is 1.74 bits per heavy atom. The summed E-state index contributed by atoms with van der Waals surface area (Å²) in [5, 5.41) is 5.57. The predicted octanol–water partition coefficient (Wildman–Crippen LogP) is 6.02. The van der Waals surface area contributed by atoms with Crippen molar-refractivity contribution in [1.29, 1.82) is 0 Å². The van der Waals surface area contributed by atoms with Gasteiger partial charge in [0.25, 0.3) is 5.91 Å². The molecule has 0 unspecified atom stereocenters. The maximum absolute atomic E-state index is 13.0. The molecule has 1 amide bonds. The number of hydrogen-bond donors (Lipinski definition) is 2. The number of rotatable bonds is 4. The van der Waals surface area contributed by atoms with Crippen molar-refractivity contribution in [3.8, 4) is 0 Å². The van der Waals surface area contributed by atoms with Gasteiger partial charge in [0.15, 0.2) is 0 Å². The van der Waals surface area contributed by atoms with Crippen LogP contribution in [0.15, 0.2) is 42.5 Å². The zero-order valence-corrected chi connectivity index (χ0v) is 16.1. The SMILES string of the molecule is O=C(N[C@H]1CC[C@@H](Nc2cc(C(F)(F)F)cc(C(F)(F)F)c2)CC1)c1ccc(F)cc1. The molecule has 2 N–H and O–H groups in total. The Hall–Kier alpha value is -2.78. The molecule has 0 spiro atoms. The van der Waals surface area contributed by atoms with Gasteiger partial charge in [-0.15, -0.1) is 0 Å². The minimum atomic E-state index is -4.90. The van der Waals surface area contributed by atoms with E-state index in [2.05, 4.69) is 10.6 Å². The largest absolute Gasteiger partial charge is 0.416 e. The van der Waals surface area contributed by atoms with Crippen LogP contribution in [0.4, 0.5) is 36.4 Å². The second kappa shape index (κ2) is 8.76. The van der Waals surface area contributed by atoms with Crippen LogP contribution < -0.4 is 10.6 Å². The van der Waals surface area contributed by atoms with Gasteiger partial charge in [0.2, 0.25) is 0 Å². The number of hydrogen-bond acceptors (Lipinski definition) is 2. The molecule has 1 fully saturated rings. The van der Waals surface area contributed by atoms with E-state index in [-0.39, 0.29) is 29.7 Å². The molecule has 0 aromatic heterocycles. The Bertz CT molecular complexity index is 883. The Balaban J connectivity index is 1.61. The van der Waals surface area contributed by atoms with Gasteiger partial charge >= 0.3 is 12.4 Å². The van der Waals surface area contributed by atoms with Crippen molar-refractivity contribution < 1.29 is 35.5 Å². The summed E-state index contributed by atoms with van der Waals surface area (Å²) in [6.45, 7) is 0. The summed E-state index contributed by atoms with van der Waals surface area (Å²) in [6.07, 6.45) is -7.91. The van der Waals surface area contributed by atoms with Gasteiger partial charge in [-0.3, -0.25) is 4.79 Å². The van der Waals surface area contributed by atoms with Crippen LogP contribution in [-0.4, -0.2) is 18.0 Å². The highest BCUT2D eigenvalue weighted by molar-refractivity contribution is 5.94. The van der Waals surface area contributed by atoms with Crippen molar-refractivity contribution in [1.82, 2.24) is 5.32 Å². The number of alkyl halides is 6. The van der Waals surface area contributed by atoms with Crippen molar-refractivity contribution in [3.05, 3.63) is 65.0 Å². The van der Waals surface area contributed by atoms with Crippen molar-refractivity contribution >= 4 is 11.6 Å². The summed E-state index contributed by atoms with van der Waals surface area (Å²) in [6, 6.07) is 5.93. The molecular weight excluding hydrogens is 429 g/mol. The molecule has 3 rings (SSSR count). The molecular formula is C21H19F7N2O. The zero-order valence-electron chi connectivity index (χ0n) is 16.1. The quantitative estimate of drug-likeness (QED) is 0.562. The van der Waals surface area contributed by atoms with Gasteiger partial charge in [-0.05, 0) is 68.1 Å². The van der Waals surface area contributed by atoms with Gasteiger partial charge in [0, 0.05) is 23.3 Å². The lowest BCUT2D eigenvalue weighted by atomic mass is 9.90. The van der Waals surface area contributed by atoms with Crippen LogP contribution in [0, 0.1) is 5.82 Å². The van der Waals surface area contributed by atoms with Crippen molar-refractivity contribution in [2.24, 2.45) is 0 Å². The smallest absolute Gasteiger partial charge is 0.382 e. The Morgan fingerprint density at radius 1 is 0.774 bits per heavy atom. The molecule has 1 saturated carbocycles. The minimum Gasteiger partial charge on any atom is -0.382 e. The molecule has 0 heterocycles. The molecule has 10 heteroatoms. The zero-order chi connectivity index (χ0) is 22.8. The highest BCUT2D eigenvalue weighted by atomic mass is 19.4. The second-order valence-electron chi connectivity index (χ2n) is 7.47. The minimum absolute atomic E-state index is 0.0903. The van der Waals surface area contributed by atoms with Crippen LogP contribution in [0.5, 0.6) is 0 Å². The molecule has 3 nitrogen and oxygen atoms in total. The summed E-state index contributed by atoms with van der Waals surface area (Å²) in [4.78, 5) is 12.2. The van der Waals surface area contributed by atoms with Gasteiger partial charge in [0.05, 0.1) is 11.1 Å². The van der Waals surface area contributed by atoms with E-state index in [4.69, 9.17) is 0 Å². The summed E-state index contributed by atoms with van der Waals surface area (Å²) < 4.78 is 90.9. The highest BCUT2D eigenvalue weighted by Gasteiger charge is 2.37. The fourth-order valence-corrected chi connectivity index (χ4v) is 3.53. The molecule has 0 radical (unpaired) electrons. The molecule has 0 atom stereocenters. The highest BCUT2D eigenvalue weighted by Crippen LogP contribution is 2.38. The van der Waals surface area contributed by atoms with Crippen LogP contribution >= 0.6 is 0 Å². The van der Waals surface area contributed by atoms with Crippen LogP contribution in [0.2, 0.25) is 0 Å². The number of benzene rings is 2. The molecule has 1 aliphatic rings. The summed E-state index contributed by atoms with van der Waals surface area (Å²) >= 11 is 0. The average molecular weight is 448 g/mol. The molecule has 0 saturated heterocycles. The molecule has 1 aliphatic carbocycles. The summed E-state index contributed by atoms with van der Waals surface area (Å²) in [5.41, 5.74) is -2.69. The maximum atomic E-state index is 13.0. The molecule has 168 valence electrons. The first-order chi connectivity index (χ1) is 14.4. The monoisotopic (exact) mass is 448 g/mol. The first kappa shape index (κ1) is 22.9. The van der Waals surface area contributed by atoms with Gasteiger partial charge in [-0.1, -0.05) is 0 Å². The third-order valence-electron chi connectivity index (χ3n) is 5.13. The van der Waals surface area contributed by atoms with E-state index in [1.165, 1.54) is 24.3 Å². The Labute approximate surface area is 173 Å². The number of anilines is 1. The van der Waals surface area contributed by atoms with Gasteiger partial charge in [0.1, 0.15) is 5.82 Å². The number of carbonyl (C=O) groups excluding carboxylic acids is 1. The lowest BCUT2D eigenvalue weighted by molar-refractivity contribution is -0.143. The Kier molecular flexibility index (Phi) is 6.47. The average Bonchev–Trinajstić information content (AvgIpc) is 2.68. The van der Waals surface area contributed by atoms with E-state index in [1.807, 2.05) is 0 Å². The number of halogens is 7. The van der Waals surface area contributed by atoms with Gasteiger partial charge in [-0.25, -0.2) is 4.39 Å². The summed E-state index contributed by atoms with van der Waals surface area (Å²) in [7, 11) is 0. The first-order valence-electron chi connectivity index (χ1n) is 9.54. The van der Waals surface area contributed by atoms with Crippen molar-refractivity contribution in [2.75, 3.05) is 5.32 Å². The normalized spacial score (nSPS) is 19.7. The van der Waals surface area contributed by atoms with Crippen molar-refractivity contribution in [2.45, 2.75) is 50.1 Å². The maximum Gasteiger partial charge on any atom is 0.416 e. The van der Waals surface area contributed by atoms with E-state index in [9.17, 15) is 35.5 Å². The fourth-order valence-electron chi connectivity index (χ4n) is 3.53. The van der Waals surface area contributed by atoms with Crippen LogP contribution in [-0.2, 0) is 12.4 Å². The third-order valence-corrected chi connectivity index (χ3v) is 5.13. The predicted molar refractivity (Wildman–Crippen MR) is 100.0 cm³/mol. The molecule has 31 heavy (non-hydrogen) atoms. The van der Waals surface area contributed by atoms with E-state index >= 15 is 0 Å². The second-order valence-corrected chi connectivity index (χ2v) is 7.47. The Morgan fingerprint density at radius 2 is 1.26 bits per heavy atom. The van der Waals surface area contributed by atoms with E-state index in [0.29, 0.717) is 43.4 Å². The molecule has 2 aromatic carbocycles. The van der Waals surface area contributed by atoms with Crippen LogP contribution in [0.3, 0.4) is 0 Å². The standard InChI is InChI=1S/C21H19F7N2O/c22-15-3-1-12(2-4-15)19(31)30-17-7-5-16(6-8-17)29-18-10-13(20(23,24)25)9-14(11-18)21(26,27)28/h1-4,9-11,16-17,29H,5-8H2,(H,30,31)/t16-,17+. The van der Waals surface area contributed by atoms with Gasteiger partial charge < -0.3 is 10.6 Å².